The van der Waals surface area contributed by atoms with Gasteiger partial charge in [-0.2, -0.15) is 0 Å². The largest absolute Gasteiger partial charge is 0.340 e. The number of aromatic nitrogens is 2. The van der Waals surface area contributed by atoms with Crippen molar-refractivity contribution in [3.8, 4) is 0 Å². The topological polar surface area (TPSA) is 64.2 Å². The second-order valence-corrected chi connectivity index (χ2v) is 5.71. The number of likely N-dealkylation sites (tertiary alicyclic amines) is 1. The van der Waals surface area contributed by atoms with Gasteiger partial charge in [0.1, 0.15) is 5.82 Å². The fraction of sp³-hybridized carbons (Fsp3) is 0.692. The average molecular weight is 250 g/mol. The Morgan fingerprint density at radius 2 is 2.28 bits per heavy atom. The third-order valence-electron chi connectivity index (χ3n) is 3.48. The zero-order valence-corrected chi connectivity index (χ0v) is 11.4. The van der Waals surface area contributed by atoms with Crippen molar-refractivity contribution in [2.45, 2.75) is 38.1 Å². The number of amides is 1. The number of hydrogen-bond donors (Lipinski definition) is 1. The Morgan fingerprint density at radius 3 is 2.83 bits per heavy atom. The molecule has 1 aliphatic heterocycles. The maximum Gasteiger partial charge on any atom is 0.242 e. The number of rotatable bonds is 2. The van der Waals surface area contributed by atoms with Crippen molar-refractivity contribution in [2.24, 2.45) is 12.8 Å². The number of carbonyl (C=O) groups excluding carboxylic acids is 1. The number of nitrogens with zero attached hydrogens (tertiary/aromatic N) is 3. The lowest BCUT2D eigenvalue weighted by molar-refractivity contribution is -0.137. The number of hydrogen-bond acceptors (Lipinski definition) is 3. The van der Waals surface area contributed by atoms with Crippen LogP contribution in [0, 0.1) is 0 Å². The van der Waals surface area contributed by atoms with Gasteiger partial charge >= 0.3 is 0 Å². The maximum absolute atomic E-state index is 12.2. The van der Waals surface area contributed by atoms with Crippen molar-refractivity contribution in [3.63, 3.8) is 0 Å². The molecule has 18 heavy (non-hydrogen) atoms. The fourth-order valence-corrected chi connectivity index (χ4v) is 2.55. The van der Waals surface area contributed by atoms with Gasteiger partial charge in [0.2, 0.25) is 5.91 Å². The maximum atomic E-state index is 12.2. The van der Waals surface area contributed by atoms with E-state index in [1.807, 2.05) is 28.9 Å². The molecule has 0 bridgehead atoms. The van der Waals surface area contributed by atoms with Crippen LogP contribution in [0.2, 0.25) is 0 Å². The molecule has 0 radical (unpaired) electrons. The minimum absolute atomic E-state index is 0.0291. The molecule has 5 heteroatoms. The van der Waals surface area contributed by atoms with Gasteiger partial charge in [-0.15, -0.1) is 0 Å². The summed E-state index contributed by atoms with van der Waals surface area (Å²) in [6, 6.07) is 0. The van der Waals surface area contributed by atoms with Crippen LogP contribution < -0.4 is 5.73 Å². The Bertz CT molecular complexity index is 432. The molecule has 1 unspecified atom stereocenters. The van der Waals surface area contributed by atoms with E-state index in [0.717, 1.165) is 31.8 Å². The SMILES string of the molecule is Cn1ccnc1C1CCCN(C(=O)C(C)(C)N)C1. The lowest BCUT2D eigenvalue weighted by atomic mass is 9.95. The van der Waals surface area contributed by atoms with Crippen molar-refractivity contribution in [2.75, 3.05) is 13.1 Å². The van der Waals surface area contributed by atoms with E-state index in [2.05, 4.69) is 4.98 Å². The number of imidazole rings is 1. The van der Waals surface area contributed by atoms with Crippen LogP contribution in [0.25, 0.3) is 0 Å². The molecule has 1 saturated heterocycles. The highest BCUT2D eigenvalue weighted by molar-refractivity contribution is 5.85. The molecule has 1 aromatic rings. The summed E-state index contributed by atoms with van der Waals surface area (Å²) in [7, 11) is 2.00. The van der Waals surface area contributed by atoms with Crippen molar-refractivity contribution >= 4 is 5.91 Å². The minimum atomic E-state index is -0.788. The monoisotopic (exact) mass is 250 g/mol. The summed E-state index contributed by atoms with van der Waals surface area (Å²) >= 11 is 0. The van der Waals surface area contributed by atoms with Crippen molar-refractivity contribution in [3.05, 3.63) is 18.2 Å². The summed E-state index contributed by atoms with van der Waals surface area (Å²) in [6.45, 7) is 5.06. The fourth-order valence-electron chi connectivity index (χ4n) is 2.55. The smallest absolute Gasteiger partial charge is 0.242 e. The molecule has 0 saturated carbocycles. The Hall–Kier alpha value is -1.36. The summed E-state index contributed by atoms with van der Waals surface area (Å²) in [5.74, 6) is 1.41. The van der Waals surface area contributed by atoms with E-state index in [1.165, 1.54) is 0 Å². The first kappa shape index (κ1) is 13.1. The molecule has 1 atom stereocenters. The predicted octanol–water partition coefficient (Wildman–Crippen LogP) is 0.863. The molecule has 100 valence electrons. The van der Waals surface area contributed by atoms with E-state index in [-0.39, 0.29) is 5.91 Å². The van der Waals surface area contributed by atoms with Gasteiger partial charge in [-0.1, -0.05) is 0 Å². The first-order chi connectivity index (χ1) is 8.39. The van der Waals surface area contributed by atoms with E-state index < -0.39 is 5.54 Å². The second-order valence-electron chi connectivity index (χ2n) is 5.71. The van der Waals surface area contributed by atoms with Crippen LogP contribution in [-0.2, 0) is 11.8 Å². The number of carbonyl (C=O) groups is 1. The normalized spacial score (nSPS) is 21.1. The molecular formula is C13H22N4O. The number of aryl methyl sites for hydroxylation is 1. The van der Waals surface area contributed by atoms with Gasteiger partial charge in [-0.3, -0.25) is 4.79 Å². The van der Waals surface area contributed by atoms with E-state index in [1.54, 1.807) is 13.8 Å². The molecule has 5 nitrogen and oxygen atoms in total. The molecule has 0 aliphatic carbocycles. The molecule has 1 amide bonds. The van der Waals surface area contributed by atoms with Crippen LogP contribution in [0.4, 0.5) is 0 Å². The molecule has 1 fully saturated rings. The summed E-state index contributed by atoms with van der Waals surface area (Å²) in [6.07, 6.45) is 5.85. The molecule has 2 rings (SSSR count). The summed E-state index contributed by atoms with van der Waals surface area (Å²) < 4.78 is 2.03. The van der Waals surface area contributed by atoms with Gasteiger partial charge in [0.05, 0.1) is 5.54 Å². The lowest BCUT2D eigenvalue weighted by Crippen LogP contribution is -2.53. The summed E-state index contributed by atoms with van der Waals surface area (Å²) in [5, 5.41) is 0. The second kappa shape index (κ2) is 4.72. The first-order valence-electron chi connectivity index (χ1n) is 6.45. The molecule has 2 heterocycles. The molecular weight excluding hydrogens is 228 g/mol. The van der Waals surface area contributed by atoms with Gasteiger partial charge < -0.3 is 15.2 Å². The number of piperidine rings is 1. The van der Waals surface area contributed by atoms with Crippen molar-refractivity contribution in [1.82, 2.24) is 14.5 Å². The Labute approximate surface area is 108 Å². The molecule has 1 aliphatic rings. The third-order valence-corrected chi connectivity index (χ3v) is 3.48. The van der Waals surface area contributed by atoms with Gasteiger partial charge in [0.25, 0.3) is 0 Å². The summed E-state index contributed by atoms with van der Waals surface area (Å²) in [5.41, 5.74) is 5.10. The first-order valence-corrected chi connectivity index (χ1v) is 6.45. The van der Waals surface area contributed by atoms with Crippen LogP contribution in [0.15, 0.2) is 12.4 Å². The van der Waals surface area contributed by atoms with Crippen LogP contribution in [-0.4, -0.2) is 39.0 Å². The van der Waals surface area contributed by atoms with Crippen LogP contribution in [0.3, 0.4) is 0 Å². The zero-order valence-electron chi connectivity index (χ0n) is 11.4. The Morgan fingerprint density at radius 1 is 1.56 bits per heavy atom. The Balaban J connectivity index is 2.10. The molecule has 2 N–H and O–H groups in total. The zero-order chi connectivity index (χ0) is 13.3. The number of nitrogens with two attached hydrogens (primary N) is 1. The summed E-state index contributed by atoms with van der Waals surface area (Å²) in [4.78, 5) is 18.5. The Kier molecular flexibility index (Phi) is 3.43. The van der Waals surface area contributed by atoms with E-state index in [9.17, 15) is 4.79 Å². The average Bonchev–Trinajstić information content (AvgIpc) is 2.73. The van der Waals surface area contributed by atoms with E-state index in [0.29, 0.717) is 5.92 Å². The molecule has 1 aromatic heterocycles. The van der Waals surface area contributed by atoms with E-state index in [4.69, 9.17) is 5.73 Å². The van der Waals surface area contributed by atoms with Gasteiger partial charge in [-0.05, 0) is 26.7 Å². The van der Waals surface area contributed by atoms with Crippen molar-refractivity contribution in [1.29, 1.82) is 0 Å². The van der Waals surface area contributed by atoms with Crippen molar-refractivity contribution < 1.29 is 4.79 Å². The standard InChI is InChI=1S/C13H22N4O/c1-13(2,14)12(18)17-7-4-5-10(9-17)11-15-6-8-16(11)3/h6,8,10H,4-5,7,9,14H2,1-3H3. The van der Waals surface area contributed by atoms with Gasteiger partial charge in [0.15, 0.2) is 0 Å². The highest BCUT2D eigenvalue weighted by Crippen LogP contribution is 2.26. The van der Waals surface area contributed by atoms with Crippen LogP contribution in [0.5, 0.6) is 0 Å². The molecule has 0 spiro atoms. The van der Waals surface area contributed by atoms with E-state index >= 15 is 0 Å². The van der Waals surface area contributed by atoms with Crippen LogP contribution in [0.1, 0.15) is 38.4 Å². The third kappa shape index (κ3) is 2.56. The minimum Gasteiger partial charge on any atom is -0.340 e. The highest BCUT2D eigenvalue weighted by Gasteiger charge is 2.32. The quantitative estimate of drug-likeness (QED) is 0.847. The lowest BCUT2D eigenvalue weighted by Gasteiger charge is -2.36. The predicted molar refractivity (Wildman–Crippen MR) is 70.0 cm³/mol. The van der Waals surface area contributed by atoms with Gasteiger partial charge in [-0.25, -0.2) is 4.98 Å². The van der Waals surface area contributed by atoms with Crippen LogP contribution >= 0.6 is 0 Å². The highest BCUT2D eigenvalue weighted by atomic mass is 16.2. The molecule has 0 aromatic carbocycles. The van der Waals surface area contributed by atoms with Gasteiger partial charge in [0, 0.05) is 38.4 Å².